The topological polar surface area (TPSA) is 140 Å². The minimum atomic E-state index is -0.815. The van der Waals surface area contributed by atoms with Gasteiger partial charge >= 0.3 is 6.09 Å². The zero-order chi connectivity index (χ0) is 24.2. The smallest absolute Gasteiger partial charge is 0.412 e. The minimum Gasteiger partial charge on any atom is -0.504 e. The Morgan fingerprint density at radius 1 is 1.06 bits per heavy atom. The first-order valence-corrected chi connectivity index (χ1v) is 10.0. The summed E-state index contributed by atoms with van der Waals surface area (Å²) in [5.41, 5.74) is 6.06. The van der Waals surface area contributed by atoms with Crippen LogP contribution in [0.4, 0.5) is 16.2 Å². The van der Waals surface area contributed by atoms with Crippen molar-refractivity contribution in [2.45, 2.75) is 53.2 Å². The molecule has 172 valence electrons. The van der Waals surface area contributed by atoms with Crippen molar-refractivity contribution >= 4 is 29.3 Å². The number of ether oxygens (including phenoxy) is 2. The summed E-state index contributed by atoms with van der Waals surface area (Å²) >= 11 is 0. The van der Waals surface area contributed by atoms with Gasteiger partial charge in [-0.05, 0) is 77.4 Å². The summed E-state index contributed by atoms with van der Waals surface area (Å²) in [7, 11) is 0. The van der Waals surface area contributed by atoms with Gasteiger partial charge in [0.05, 0.1) is 17.4 Å². The molecule has 0 atom stereocenters. The second kappa shape index (κ2) is 9.59. The quantitative estimate of drug-likeness (QED) is 0.528. The highest BCUT2D eigenvalue weighted by atomic mass is 16.6. The molecule has 32 heavy (non-hydrogen) atoms. The number of phenols is 1. The van der Waals surface area contributed by atoms with Crippen LogP contribution < -0.4 is 21.1 Å². The molecule has 2 aromatic carbocycles. The maximum Gasteiger partial charge on any atom is 0.412 e. The fourth-order valence-electron chi connectivity index (χ4n) is 2.78. The molecule has 3 amide bonds. The van der Waals surface area contributed by atoms with Gasteiger partial charge in [-0.25, -0.2) is 4.79 Å². The molecule has 0 bridgehead atoms. The zero-order valence-electron chi connectivity index (χ0n) is 19.0. The van der Waals surface area contributed by atoms with Crippen LogP contribution in [0.25, 0.3) is 0 Å². The first-order valence-electron chi connectivity index (χ1n) is 10.0. The Bertz CT molecular complexity index is 1020. The molecular formula is C23H29N3O6. The van der Waals surface area contributed by atoms with Crippen molar-refractivity contribution in [1.29, 1.82) is 0 Å². The Labute approximate surface area is 186 Å². The lowest BCUT2D eigenvalue weighted by Gasteiger charge is -2.20. The Morgan fingerprint density at radius 2 is 1.66 bits per heavy atom. The number of rotatable bonds is 6. The van der Waals surface area contributed by atoms with Crippen LogP contribution in [0.5, 0.6) is 11.5 Å². The number of aromatic hydroxyl groups is 1. The van der Waals surface area contributed by atoms with Crippen molar-refractivity contribution < 1.29 is 29.0 Å². The number of carbonyl (C=O) groups excluding carboxylic acids is 3. The van der Waals surface area contributed by atoms with Gasteiger partial charge in [0.25, 0.3) is 11.8 Å². The number of benzene rings is 2. The van der Waals surface area contributed by atoms with Crippen LogP contribution in [-0.4, -0.2) is 34.7 Å². The van der Waals surface area contributed by atoms with E-state index in [-0.39, 0.29) is 23.1 Å². The molecule has 0 aromatic heterocycles. The van der Waals surface area contributed by atoms with Crippen molar-refractivity contribution in [2.24, 2.45) is 5.73 Å². The molecule has 0 saturated carbocycles. The van der Waals surface area contributed by atoms with E-state index in [2.05, 4.69) is 10.6 Å². The molecule has 0 unspecified atom stereocenters. The molecule has 0 spiro atoms. The van der Waals surface area contributed by atoms with Gasteiger partial charge in [-0.1, -0.05) is 0 Å². The highest BCUT2D eigenvalue weighted by Gasteiger charge is 2.23. The summed E-state index contributed by atoms with van der Waals surface area (Å²) in [5.74, 6) is -1.77. The van der Waals surface area contributed by atoms with Crippen molar-refractivity contribution in [1.82, 2.24) is 0 Å². The second-order valence-corrected chi connectivity index (χ2v) is 8.48. The van der Waals surface area contributed by atoms with Crippen LogP contribution in [0.15, 0.2) is 30.3 Å². The van der Waals surface area contributed by atoms with E-state index in [4.69, 9.17) is 15.2 Å². The number of primary amides is 1. The number of hydrogen-bond donors (Lipinski definition) is 4. The van der Waals surface area contributed by atoms with Crippen molar-refractivity contribution in [3.8, 4) is 11.5 Å². The number of aryl methyl sites for hydroxylation is 1. The Morgan fingerprint density at radius 3 is 2.16 bits per heavy atom. The average molecular weight is 444 g/mol. The number of anilines is 2. The number of hydrogen-bond acceptors (Lipinski definition) is 6. The monoisotopic (exact) mass is 443 g/mol. The molecular weight excluding hydrogens is 414 g/mol. The summed E-state index contributed by atoms with van der Waals surface area (Å²) in [6.45, 7) is 10.4. The second-order valence-electron chi connectivity index (χ2n) is 8.48. The predicted octanol–water partition coefficient (Wildman–Crippen LogP) is 4.19. The maximum absolute atomic E-state index is 12.8. The summed E-state index contributed by atoms with van der Waals surface area (Å²) in [6, 6.07) is 7.56. The first kappa shape index (κ1) is 24.5. The molecule has 0 fully saturated rings. The van der Waals surface area contributed by atoms with Gasteiger partial charge in [0.1, 0.15) is 5.60 Å². The van der Waals surface area contributed by atoms with Crippen LogP contribution in [0, 0.1) is 6.92 Å². The standard InChI is InChI=1S/C23H29N3O6/c1-12(2)31-19-17(13(3)11-16(18(19)27)20(24)28)26-21(29)14-7-9-15(10-8-14)25-22(30)32-23(4,5)6/h7-12,27H,1-6H3,(H2,24,28)(H,25,30)(H,26,29). The summed E-state index contributed by atoms with van der Waals surface area (Å²) in [4.78, 5) is 36.3. The molecule has 0 heterocycles. The molecule has 0 aliphatic rings. The minimum absolute atomic E-state index is 0.0367. The van der Waals surface area contributed by atoms with E-state index >= 15 is 0 Å². The molecule has 2 rings (SSSR count). The molecule has 0 saturated heterocycles. The average Bonchev–Trinajstić information content (AvgIpc) is 2.65. The molecule has 0 radical (unpaired) electrons. The number of amides is 3. The fraction of sp³-hybridized carbons (Fsp3) is 0.348. The summed E-state index contributed by atoms with van der Waals surface area (Å²) in [5, 5.41) is 15.8. The maximum atomic E-state index is 12.8. The highest BCUT2D eigenvalue weighted by Crippen LogP contribution is 2.41. The molecule has 2 aromatic rings. The molecule has 0 aliphatic carbocycles. The highest BCUT2D eigenvalue weighted by molar-refractivity contribution is 6.07. The van der Waals surface area contributed by atoms with Gasteiger partial charge < -0.3 is 25.6 Å². The first-order chi connectivity index (χ1) is 14.8. The van der Waals surface area contributed by atoms with Crippen LogP contribution in [0.3, 0.4) is 0 Å². The third-order valence-corrected chi connectivity index (χ3v) is 4.10. The Kier molecular flexibility index (Phi) is 7.35. The van der Waals surface area contributed by atoms with Crippen molar-refractivity contribution in [3.05, 3.63) is 47.0 Å². The summed E-state index contributed by atoms with van der Waals surface area (Å²) < 4.78 is 10.8. The predicted molar refractivity (Wildman–Crippen MR) is 121 cm³/mol. The van der Waals surface area contributed by atoms with Crippen LogP contribution in [0.1, 0.15) is 60.9 Å². The number of carbonyl (C=O) groups is 3. The van der Waals surface area contributed by atoms with Gasteiger partial charge in [-0.2, -0.15) is 0 Å². The van der Waals surface area contributed by atoms with E-state index < -0.39 is 29.3 Å². The molecule has 9 nitrogen and oxygen atoms in total. The third-order valence-electron chi connectivity index (χ3n) is 4.10. The van der Waals surface area contributed by atoms with Gasteiger partial charge in [-0.15, -0.1) is 0 Å². The molecule has 0 aliphatic heterocycles. The fourth-order valence-corrected chi connectivity index (χ4v) is 2.78. The van der Waals surface area contributed by atoms with E-state index in [1.54, 1.807) is 53.7 Å². The van der Waals surface area contributed by atoms with E-state index in [0.717, 1.165) is 0 Å². The van der Waals surface area contributed by atoms with Crippen LogP contribution in [0.2, 0.25) is 0 Å². The lowest BCUT2D eigenvalue weighted by atomic mass is 10.1. The lowest BCUT2D eigenvalue weighted by Crippen LogP contribution is -2.27. The molecule has 9 heteroatoms. The van der Waals surface area contributed by atoms with Gasteiger partial charge in [0.15, 0.2) is 11.5 Å². The number of nitrogens with two attached hydrogens (primary N) is 1. The van der Waals surface area contributed by atoms with Gasteiger partial charge in [0, 0.05) is 11.3 Å². The van der Waals surface area contributed by atoms with E-state index in [1.807, 2.05) is 0 Å². The van der Waals surface area contributed by atoms with Crippen molar-refractivity contribution in [3.63, 3.8) is 0 Å². The van der Waals surface area contributed by atoms with E-state index in [0.29, 0.717) is 16.8 Å². The van der Waals surface area contributed by atoms with Crippen LogP contribution >= 0.6 is 0 Å². The Balaban J connectivity index is 2.26. The Hall–Kier alpha value is -3.75. The van der Waals surface area contributed by atoms with E-state index in [1.165, 1.54) is 18.2 Å². The summed E-state index contributed by atoms with van der Waals surface area (Å²) in [6.07, 6.45) is -0.942. The largest absolute Gasteiger partial charge is 0.504 e. The van der Waals surface area contributed by atoms with Crippen LogP contribution in [-0.2, 0) is 4.74 Å². The molecule has 5 N–H and O–H groups in total. The van der Waals surface area contributed by atoms with Crippen molar-refractivity contribution in [2.75, 3.05) is 10.6 Å². The lowest BCUT2D eigenvalue weighted by molar-refractivity contribution is 0.0635. The van der Waals surface area contributed by atoms with E-state index in [9.17, 15) is 19.5 Å². The normalized spacial score (nSPS) is 11.1. The van der Waals surface area contributed by atoms with Gasteiger partial charge in [0.2, 0.25) is 0 Å². The SMILES string of the molecule is Cc1cc(C(N)=O)c(O)c(OC(C)C)c1NC(=O)c1ccc(NC(=O)OC(C)(C)C)cc1. The van der Waals surface area contributed by atoms with Gasteiger partial charge in [-0.3, -0.25) is 14.9 Å². The zero-order valence-corrected chi connectivity index (χ0v) is 19.0. The third kappa shape index (κ3) is 6.37. The number of nitrogens with one attached hydrogen (secondary N) is 2.